The van der Waals surface area contributed by atoms with Crippen molar-refractivity contribution in [3.05, 3.63) is 53.7 Å². The van der Waals surface area contributed by atoms with Gasteiger partial charge in [-0.1, -0.05) is 41.2 Å². The number of hydrogen-bond donors (Lipinski definition) is 1. The monoisotopic (exact) mass is 380 g/mol. The van der Waals surface area contributed by atoms with Crippen molar-refractivity contribution < 1.29 is 4.79 Å². The number of amides is 1. The molecular formula is C21H24N4OS. The first-order valence-electron chi connectivity index (χ1n) is 9.49. The first kappa shape index (κ1) is 17.9. The van der Waals surface area contributed by atoms with Crippen molar-refractivity contribution in [1.82, 2.24) is 15.3 Å². The fourth-order valence-electron chi connectivity index (χ4n) is 3.49. The smallest absolute Gasteiger partial charge is 0.224 e. The van der Waals surface area contributed by atoms with Crippen LogP contribution >= 0.6 is 11.3 Å². The van der Waals surface area contributed by atoms with E-state index < -0.39 is 0 Å². The molecule has 1 fully saturated rings. The molecule has 0 unspecified atom stereocenters. The molecule has 6 heteroatoms. The van der Waals surface area contributed by atoms with Gasteiger partial charge in [0.2, 0.25) is 5.91 Å². The highest BCUT2D eigenvalue weighted by molar-refractivity contribution is 7.21. The van der Waals surface area contributed by atoms with Crippen LogP contribution in [0.25, 0.3) is 10.3 Å². The Kier molecular flexibility index (Phi) is 5.34. The Bertz CT molecular complexity index is 888. The van der Waals surface area contributed by atoms with Gasteiger partial charge in [-0.15, -0.1) is 0 Å². The maximum atomic E-state index is 12.6. The van der Waals surface area contributed by atoms with E-state index >= 15 is 0 Å². The van der Waals surface area contributed by atoms with Crippen LogP contribution in [-0.2, 0) is 11.2 Å². The van der Waals surface area contributed by atoms with Crippen LogP contribution in [0.2, 0.25) is 0 Å². The number of carbonyl (C=O) groups excluding carboxylic acids is 1. The molecule has 1 aliphatic heterocycles. The van der Waals surface area contributed by atoms with Gasteiger partial charge in [0.05, 0.1) is 5.92 Å². The average Bonchev–Trinajstić information content (AvgIpc) is 3.14. The Balaban J connectivity index is 1.33. The van der Waals surface area contributed by atoms with Gasteiger partial charge < -0.3 is 10.2 Å². The van der Waals surface area contributed by atoms with Crippen LogP contribution in [-0.4, -0.2) is 35.5 Å². The summed E-state index contributed by atoms with van der Waals surface area (Å²) in [5.74, 6) is 0.183. The third-order valence-corrected chi connectivity index (χ3v) is 6.09. The minimum absolute atomic E-state index is 0.0248. The van der Waals surface area contributed by atoms with E-state index in [2.05, 4.69) is 51.4 Å². The second kappa shape index (κ2) is 8.05. The van der Waals surface area contributed by atoms with Crippen LogP contribution in [0.3, 0.4) is 0 Å². The van der Waals surface area contributed by atoms with E-state index in [0.717, 1.165) is 47.8 Å². The number of benzene rings is 1. The summed E-state index contributed by atoms with van der Waals surface area (Å²) in [5, 5.41) is 4.09. The number of anilines is 1. The molecule has 1 N–H and O–H groups in total. The van der Waals surface area contributed by atoms with Crippen molar-refractivity contribution in [3.63, 3.8) is 0 Å². The molecule has 1 aliphatic rings. The van der Waals surface area contributed by atoms with E-state index in [1.54, 1.807) is 17.5 Å². The number of fused-ring (bicyclic) bond motifs is 1. The van der Waals surface area contributed by atoms with Gasteiger partial charge in [-0.05, 0) is 43.9 Å². The van der Waals surface area contributed by atoms with E-state index in [-0.39, 0.29) is 11.8 Å². The Labute approximate surface area is 163 Å². The number of nitrogens with one attached hydrogen (secondary N) is 1. The molecule has 0 radical (unpaired) electrons. The van der Waals surface area contributed by atoms with Gasteiger partial charge in [0.1, 0.15) is 10.3 Å². The van der Waals surface area contributed by atoms with Crippen LogP contribution in [0.1, 0.15) is 24.0 Å². The number of piperidine rings is 1. The van der Waals surface area contributed by atoms with Crippen molar-refractivity contribution in [2.24, 2.45) is 5.92 Å². The lowest BCUT2D eigenvalue weighted by atomic mass is 9.97. The Morgan fingerprint density at radius 1 is 1.30 bits per heavy atom. The minimum atomic E-state index is 0.0248. The molecule has 0 saturated carbocycles. The van der Waals surface area contributed by atoms with Gasteiger partial charge >= 0.3 is 0 Å². The average molecular weight is 381 g/mol. The molecule has 0 aliphatic carbocycles. The summed E-state index contributed by atoms with van der Waals surface area (Å²) < 4.78 is 0. The normalized spacial score (nSPS) is 17.2. The molecule has 2 aromatic heterocycles. The van der Waals surface area contributed by atoms with Crippen LogP contribution in [0, 0.1) is 12.8 Å². The molecule has 0 bridgehead atoms. The van der Waals surface area contributed by atoms with E-state index in [0.29, 0.717) is 6.54 Å². The predicted molar refractivity (Wildman–Crippen MR) is 110 cm³/mol. The van der Waals surface area contributed by atoms with Crippen LogP contribution < -0.4 is 10.2 Å². The lowest BCUT2D eigenvalue weighted by Crippen LogP contribution is -2.43. The lowest BCUT2D eigenvalue weighted by Gasteiger charge is -2.31. The molecule has 3 aromatic rings. The van der Waals surface area contributed by atoms with Gasteiger partial charge in [-0.3, -0.25) is 4.79 Å². The van der Waals surface area contributed by atoms with Gasteiger partial charge in [-0.25, -0.2) is 9.97 Å². The summed E-state index contributed by atoms with van der Waals surface area (Å²) in [7, 11) is 0. The zero-order valence-electron chi connectivity index (χ0n) is 15.5. The molecule has 1 saturated heterocycles. The van der Waals surface area contributed by atoms with Gasteiger partial charge in [0.25, 0.3) is 0 Å². The largest absolute Gasteiger partial charge is 0.355 e. The van der Waals surface area contributed by atoms with Crippen molar-refractivity contribution in [2.75, 3.05) is 24.5 Å². The quantitative estimate of drug-likeness (QED) is 0.735. The van der Waals surface area contributed by atoms with E-state index in [1.165, 1.54) is 11.1 Å². The first-order valence-corrected chi connectivity index (χ1v) is 10.3. The van der Waals surface area contributed by atoms with Gasteiger partial charge in [0, 0.05) is 25.8 Å². The zero-order chi connectivity index (χ0) is 18.6. The van der Waals surface area contributed by atoms with Crippen LogP contribution in [0.5, 0.6) is 0 Å². The number of aryl methyl sites for hydroxylation is 1. The van der Waals surface area contributed by atoms with Crippen molar-refractivity contribution >= 4 is 32.7 Å². The third-order valence-electron chi connectivity index (χ3n) is 5.05. The SMILES string of the molecule is Cc1ccc(CCNC(=O)[C@H]2CCCN(c3nc4cccnc4s3)C2)cc1. The molecule has 3 heterocycles. The third kappa shape index (κ3) is 4.27. The summed E-state index contributed by atoms with van der Waals surface area (Å²) in [6, 6.07) is 12.4. The molecule has 0 spiro atoms. The Morgan fingerprint density at radius 3 is 2.96 bits per heavy atom. The first-order chi connectivity index (χ1) is 13.2. The van der Waals surface area contributed by atoms with Crippen molar-refractivity contribution in [3.8, 4) is 0 Å². The molecule has 1 amide bonds. The summed E-state index contributed by atoms with van der Waals surface area (Å²) >= 11 is 1.61. The van der Waals surface area contributed by atoms with Gasteiger partial charge in [-0.2, -0.15) is 0 Å². The summed E-state index contributed by atoms with van der Waals surface area (Å²) in [4.78, 5) is 24.9. The van der Waals surface area contributed by atoms with Crippen molar-refractivity contribution in [2.45, 2.75) is 26.2 Å². The summed E-state index contributed by atoms with van der Waals surface area (Å²) in [5.41, 5.74) is 3.45. The Hall–Kier alpha value is -2.47. The number of aromatic nitrogens is 2. The molecular weight excluding hydrogens is 356 g/mol. The van der Waals surface area contributed by atoms with Crippen molar-refractivity contribution in [1.29, 1.82) is 0 Å². The number of hydrogen-bond acceptors (Lipinski definition) is 5. The predicted octanol–water partition coefficient (Wildman–Crippen LogP) is 3.58. The number of nitrogens with zero attached hydrogens (tertiary/aromatic N) is 3. The molecule has 1 aromatic carbocycles. The number of thiazole rings is 1. The molecule has 4 rings (SSSR count). The number of carbonyl (C=O) groups is 1. The standard InChI is InChI=1S/C21H24N4OS/c1-15-6-8-16(9-7-15)10-12-22-19(26)17-4-3-13-25(14-17)21-24-18-5-2-11-23-20(18)27-21/h2,5-9,11,17H,3-4,10,12-14H2,1H3,(H,22,26)/t17-/m0/s1. The van der Waals surface area contributed by atoms with Crippen LogP contribution in [0.4, 0.5) is 5.13 Å². The summed E-state index contributed by atoms with van der Waals surface area (Å²) in [6.45, 7) is 4.45. The minimum Gasteiger partial charge on any atom is -0.355 e. The lowest BCUT2D eigenvalue weighted by molar-refractivity contribution is -0.125. The Morgan fingerprint density at radius 2 is 2.15 bits per heavy atom. The van der Waals surface area contributed by atoms with Crippen LogP contribution in [0.15, 0.2) is 42.6 Å². The number of rotatable bonds is 5. The fourth-order valence-corrected chi connectivity index (χ4v) is 4.43. The molecule has 5 nitrogen and oxygen atoms in total. The molecule has 27 heavy (non-hydrogen) atoms. The summed E-state index contributed by atoms with van der Waals surface area (Å²) in [6.07, 6.45) is 4.62. The van der Waals surface area contributed by atoms with E-state index in [9.17, 15) is 4.79 Å². The molecule has 1 atom stereocenters. The maximum absolute atomic E-state index is 12.6. The highest BCUT2D eigenvalue weighted by Crippen LogP contribution is 2.30. The van der Waals surface area contributed by atoms with Gasteiger partial charge in [0.15, 0.2) is 5.13 Å². The fraction of sp³-hybridized carbons (Fsp3) is 0.381. The van der Waals surface area contributed by atoms with E-state index in [1.807, 2.05) is 12.1 Å². The maximum Gasteiger partial charge on any atom is 0.224 e. The second-order valence-corrected chi connectivity index (χ2v) is 8.09. The topological polar surface area (TPSA) is 58.1 Å². The highest BCUT2D eigenvalue weighted by atomic mass is 32.1. The second-order valence-electron chi connectivity index (χ2n) is 7.14. The number of pyridine rings is 1. The highest BCUT2D eigenvalue weighted by Gasteiger charge is 2.27. The zero-order valence-corrected chi connectivity index (χ0v) is 16.3. The molecule has 140 valence electrons. The van der Waals surface area contributed by atoms with E-state index in [4.69, 9.17) is 0 Å².